The molecule has 0 saturated carbocycles. The topological polar surface area (TPSA) is 110 Å². The van der Waals surface area contributed by atoms with E-state index in [9.17, 15) is 18.0 Å². The second-order valence-corrected chi connectivity index (χ2v) is 10.1. The summed E-state index contributed by atoms with van der Waals surface area (Å²) in [5, 5.41) is 5.49. The first-order chi connectivity index (χ1) is 16.6. The molecule has 0 bridgehead atoms. The van der Waals surface area contributed by atoms with Crippen LogP contribution in [0.25, 0.3) is 0 Å². The number of nitrogens with one attached hydrogen (secondary N) is 2. The summed E-state index contributed by atoms with van der Waals surface area (Å²) in [6.45, 7) is 0. The average Bonchev–Trinajstić information content (AvgIpc) is 3.33. The predicted octanol–water partition coefficient (Wildman–Crippen LogP) is 1.35. The fourth-order valence-electron chi connectivity index (χ4n) is 3.81. The molecule has 180 valence electrons. The third kappa shape index (κ3) is 4.71. The molecule has 0 aliphatic rings. The van der Waals surface area contributed by atoms with E-state index in [4.69, 9.17) is 0 Å². The first-order valence-corrected chi connectivity index (χ1v) is 12.2. The van der Waals surface area contributed by atoms with Gasteiger partial charge in [0.05, 0.1) is 38.0 Å². The van der Waals surface area contributed by atoms with Gasteiger partial charge in [-0.05, 0) is 36.4 Å². The first-order valence-electron chi connectivity index (χ1n) is 10.7. The van der Waals surface area contributed by atoms with Gasteiger partial charge < -0.3 is 10.6 Å². The van der Waals surface area contributed by atoms with Gasteiger partial charge in [-0.15, -0.1) is 0 Å². The molecule has 0 atom stereocenters. The van der Waals surface area contributed by atoms with Crippen LogP contribution in [0, 0.1) is 0 Å². The van der Waals surface area contributed by atoms with E-state index in [-0.39, 0.29) is 21.6 Å². The van der Waals surface area contributed by atoms with Gasteiger partial charge in [0.2, 0.25) is 9.84 Å². The lowest BCUT2D eigenvalue weighted by Gasteiger charge is -2.10. The average molecular weight is 495 g/mol. The molecule has 2 N–H and O–H groups in total. The van der Waals surface area contributed by atoms with Gasteiger partial charge >= 0.3 is 23.5 Å². The summed E-state index contributed by atoms with van der Waals surface area (Å²) in [6.07, 6.45) is 7.00. The van der Waals surface area contributed by atoms with E-state index in [1.54, 1.807) is 95.5 Å². The highest BCUT2D eigenvalue weighted by molar-refractivity contribution is 7.91. The summed E-state index contributed by atoms with van der Waals surface area (Å²) in [4.78, 5) is 25.4. The minimum Gasteiger partial charge on any atom is -0.315 e. The first kappa shape index (κ1) is 23.9. The maximum atomic E-state index is 13.3. The van der Waals surface area contributed by atoms with Gasteiger partial charge in [-0.3, -0.25) is 9.59 Å². The van der Waals surface area contributed by atoms with Crippen LogP contribution in [0.1, 0.15) is 21.2 Å². The van der Waals surface area contributed by atoms with Gasteiger partial charge in [0.1, 0.15) is 24.8 Å². The molecular formula is C24H26N6O4S+2. The third-order valence-electron chi connectivity index (χ3n) is 5.57. The highest BCUT2D eigenvalue weighted by Gasteiger charge is 2.24. The molecule has 0 aliphatic carbocycles. The number of aromatic nitrogens is 4. The highest BCUT2D eigenvalue weighted by Crippen LogP contribution is 2.25. The largest absolute Gasteiger partial charge is 0.347 e. The zero-order chi connectivity index (χ0) is 25.3. The lowest BCUT2D eigenvalue weighted by Crippen LogP contribution is -2.37. The number of amides is 2. The second kappa shape index (κ2) is 9.18. The Morgan fingerprint density at radius 1 is 0.743 bits per heavy atom. The van der Waals surface area contributed by atoms with Crippen LogP contribution in [0.2, 0.25) is 0 Å². The molecule has 11 heteroatoms. The molecule has 2 aromatic carbocycles. The quantitative estimate of drug-likeness (QED) is 0.394. The van der Waals surface area contributed by atoms with Gasteiger partial charge in [-0.1, -0.05) is 12.1 Å². The fraction of sp³-hybridized carbons (Fsp3) is 0.167. The molecule has 4 rings (SSSR count). The van der Waals surface area contributed by atoms with Crippen LogP contribution in [0.3, 0.4) is 0 Å². The van der Waals surface area contributed by atoms with E-state index < -0.39 is 9.84 Å². The molecular weight excluding hydrogens is 468 g/mol. The van der Waals surface area contributed by atoms with Crippen molar-refractivity contribution < 1.29 is 27.1 Å². The van der Waals surface area contributed by atoms with Gasteiger partial charge in [-0.25, -0.2) is 26.7 Å². The van der Waals surface area contributed by atoms with Crippen molar-refractivity contribution in [2.45, 2.75) is 9.79 Å². The zero-order valence-electron chi connectivity index (χ0n) is 19.8. The van der Waals surface area contributed by atoms with Crippen LogP contribution < -0.4 is 19.8 Å². The lowest BCUT2D eigenvalue weighted by molar-refractivity contribution is -0.672. The standard InChI is InChI=1S/C24H24N6O4S/c1-27-11-12-28(2)23(27)21(31)25-17-7-5-9-19(15-17)35(33,34)20-10-6-8-18(16-20)26-22(32)24-29(3)13-14-30(24)4/h5-16H,1-4H3/p+2. The predicted molar refractivity (Wildman–Crippen MR) is 127 cm³/mol. The Hall–Kier alpha value is -4.25. The van der Waals surface area contributed by atoms with E-state index in [0.29, 0.717) is 23.0 Å². The monoisotopic (exact) mass is 494 g/mol. The number of carbonyl (C=O) groups is 2. The molecule has 0 aliphatic heterocycles. The number of carbonyl (C=O) groups excluding carboxylic acids is 2. The van der Waals surface area contributed by atoms with Crippen molar-refractivity contribution in [2.75, 3.05) is 10.6 Å². The van der Waals surface area contributed by atoms with E-state index in [2.05, 4.69) is 10.6 Å². The third-order valence-corrected chi connectivity index (χ3v) is 7.32. The second-order valence-electron chi connectivity index (χ2n) is 8.15. The minimum atomic E-state index is -3.92. The van der Waals surface area contributed by atoms with Gasteiger partial charge in [0, 0.05) is 11.4 Å². The maximum Gasteiger partial charge on any atom is 0.347 e. The Kier molecular flexibility index (Phi) is 6.27. The molecule has 4 aromatic rings. The molecule has 2 amide bonds. The fourth-order valence-corrected chi connectivity index (χ4v) is 5.16. The number of sulfone groups is 1. The Balaban J connectivity index is 1.58. The van der Waals surface area contributed by atoms with Crippen molar-refractivity contribution in [3.8, 4) is 0 Å². The lowest BCUT2D eigenvalue weighted by atomic mass is 10.3. The molecule has 10 nitrogen and oxygen atoms in total. The summed E-state index contributed by atoms with van der Waals surface area (Å²) < 4.78 is 33.4. The Morgan fingerprint density at radius 2 is 1.14 bits per heavy atom. The van der Waals surface area contributed by atoms with Crippen LogP contribution in [-0.4, -0.2) is 29.4 Å². The molecule has 0 spiro atoms. The van der Waals surface area contributed by atoms with E-state index in [0.717, 1.165) is 0 Å². The van der Waals surface area contributed by atoms with Crippen LogP contribution in [0.15, 0.2) is 83.1 Å². The van der Waals surface area contributed by atoms with Crippen LogP contribution >= 0.6 is 0 Å². The van der Waals surface area contributed by atoms with Crippen molar-refractivity contribution in [1.82, 2.24) is 9.13 Å². The number of aryl methyl sites for hydroxylation is 4. The summed E-state index contributed by atoms with van der Waals surface area (Å²) in [5.74, 6) is 0.0860. The smallest absolute Gasteiger partial charge is 0.315 e. The molecule has 0 saturated heterocycles. The van der Waals surface area contributed by atoms with Crippen molar-refractivity contribution in [3.63, 3.8) is 0 Å². The Morgan fingerprint density at radius 3 is 1.49 bits per heavy atom. The van der Waals surface area contributed by atoms with E-state index in [1.807, 2.05) is 0 Å². The molecule has 2 aromatic heterocycles. The number of anilines is 2. The van der Waals surface area contributed by atoms with Crippen LogP contribution in [-0.2, 0) is 38.0 Å². The number of nitrogens with zero attached hydrogens (tertiary/aromatic N) is 4. The van der Waals surface area contributed by atoms with Crippen molar-refractivity contribution in [1.29, 1.82) is 0 Å². The van der Waals surface area contributed by atoms with Crippen molar-refractivity contribution in [3.05, 3.63) is 85.0 Å². The molecule has 0 fully saturated rings. The summed E-state index contributed by atoms with van der Waals surface area (Å²) >= 11 is 0. The molecule has 35 heavy (non-hydrogen) atoms. The van der Waals surface area contributed by atoms with Crippen LogP contribution in [0.5, 0.6) is 0 Å². The SMILES string of the molecule is Cn1cc[n+](C)c1C(=O)Nc1cccc(S(=O)(=O)c2cccc(NC(=O)c3n(C)cc[n+]3C)c2)c1. The van der Waals surface area contributed by atoms with E-state index in [1.165, 1.54) is 24.3 Å². The summed E-state index contributed by atoms with van der Waals surface area (Å²) in [5.41, 5.74) is 0.691. The van der Waals surface area contributed by atoms with Gasteiger partial charge in [0.25, 0.3) is 0 Å². The summed E-state index contributed by atoms with van der Waals surface area (Å²) in [6, 6.07) is 12.1. The number of hydrogen-bond acceptors (Lipinski definition) is 4. The summed E-state index contributed by atoms with van der Waals surface area (Å²) in [7, 11) is 3.08. The number of rotatable bonds is 6. The zero-order valence-corrected chi connectivity index (χ0v) is 20.6. The van der Waals surface area contributed by atoms with Gasteiger partial charge in [-0.2, -0.15) is 0 Å². The Bertz CT molecular complexity index is 1400. The Labute approximate surface area is 203 Å². The number of hydrogen-bond donors (Lipinski definition) is 2. The van der Waals surface area contributed by atoms with Gasteiger partial charge in [0.15, 0.2) is 0 Å². The van der Waals surface area contributed by atoms with Crippen molar-refractivity contribution >= 4 is 33.0 Å². The minimum absolute atomic E-state index is 0.0175. The molecule has 0 radical (unpaired) electrons. The number of benzene rings is 2. The number of imidazole rings is 2. The normalized spacial score (nSPS) is 11.3. The van der Waals surface area contributed by atoms with Crippen molar-refractivity contribution in [2.24, 2.45) is 28.2 Å². The maximum absolute atomic E-state index is 13.3. The molecule has 0 unspecified atom stereocenters. The van der Waals surface area contributed by atoms with E-state index >= 15 is 0 Å². The van der Waals surface area contributed by atoms with Crippen LogP contribution in [0.4, 0.5) is 11.4 Å². The molecule has 2 heterocycles. The highest BCUT2D eigenvalue weighted by atomic mass is 32.2.